The lowest BCUT2D eigenvalue weighted by Gasteiger charge is -2.09. The molecule has 0 unspecified atom stereocenters. The van der Waals surface area contributed by atoms with E-state index in [0.29, 0.717) is 12.1 Å². The van der Waals surface area contributed by atoms with Crippen LogP contribution in [0.1, 0.15) is 11.1 Å². The van der Waals surface area contributed by atoms with Crippen LogP contribution in [0.4, 0.5) is 5.82 Å². The van der Waals surface area contributed by atoms with Gasteiger partial charge >= 0.3 is 0 Å². The zero-order valence-electron chi connectivity index (χ0n) is 10.3. The first-order valence-corrected chi connectivity index (χ1v) is 5.53. The third kappa shape index (κ3) is 2.61. The van der Waals surface area contributed by atoms with Gasteiger partial charge in [0.15, 0.2) is 0 Å². The Morgan fingerprint density at radius 2 is 2.28 bits per heavy atom. The summed E-state index contributed by atoms with van der Waals surface area (Å²) in [5.41, 5.74) is 1.55. The zero-order valence-corrected chi connectivity index (χ0v) is 10.3. The molecule has 5 heteroatoms. The fraction of sp³-hybridized carbons (Fsp3) is 0.231. The van der Waals surface area contributed by atoms with Gasteiger partial charge in [0.1, 0.15) is 11.6 Å². The molecular formula is C13H14N4O. The maximum absolute atomic E-state index is 8.89. The highest BCUT2D eigenvalue weighted by Gasteiger charge is 2.05. The maximum Gasteiger partial charge on any atom is 0.148 e. The summed E-state index contributed by atoms with van der Waals surface area (Å²) in [6.07, 6.45) is 1.87. The number of aromatic nitrogens is 2. The Morgan fingerprint density at radius 1 is 1.44 bits per heavy atom. The zero-order chi connectivity index (χ0) is 13.0. The van der Waals surface area contributed by atoms with Crippen molar-refractivity contribution in [1.29, 1.82) is 5.26 Å². The quantitative estimate of drug-likeness (QED) is 0.889. The second kappa shape index (κ2) is 5.23. The number of nitriles is 1. The Kier molecular flexibility index (Phi) is 3.49. The molecule has 0 bridgehead atoms. The summed E-state index contributed by atoms with van der Waals surface area (Å²) in [5, 5.41) is 16.3. The minimum absolute atomic E-state index is 0.565. The molecule has 0 atom stereocenters. The normalized spacial score (nSPS) is 9.83. The first kappa shape index (κ1) is 12.0. The van der Waals surface area contributed by atoms with E-state index in [2.05, 4.69) is 16.5 Å². The number of aryl methyl sites for hydroxylation is 1. The Bertz CT molecular complexity index is 583. The average molecular weight is 242 g/mol. The van der Waals surface area contributed by atoms with Gasteiger partial charge in [-0.15, -0.1) is 0 Å². The van der Waals surface area contributed by atoms with Crippen LogP contribution in [0.3, 0.4) is 0 Å². The summed E-state index contributed by atoms with van der Waals surface area (Å²) >= 11 is 0. The van der Waals surface area contributed by atoms with Crippen molar-refractivity contribution >= 4 is 5.82 Å². The summed E-state index contributed by atoms with van der Waals surface area (Å²) < 4.78 is 6.99. The van der Waals surface area contributed by atoms with E-state index < -0.39 is 0 Å². The molecule has 0 saturated heterocycles. The van der Waals surface area contributed by atoms with E-state index in [1.807, 2.05) is 25.4 Å². The summed E-state index contributed by atoms with van der Waals surface area (Å²) in [7, 11) is 3.48. The number of rotatable bonds is 4. The molecule has 1 N–H and O–H groups in total. The molecule has 0 aliphatic rings. The fourth-order valence-electron chi connectivity index (χ4n) is 1.68. The van der Waals surface area contributed by atoms with E-state index in [1.54, 1.807) is 23.9 Å². The molecule has 1 aromatic carbocycles. The molecule has 1 heterocycles. The molecule has 18 heavy (non-hydrogen) atoms. The Hall–Kier alpha value is -2.48. The second-order valence-electron chi connectivity index (χ2n) is 3.87. The van der Waals surface area contributed by atoms with E-state index in [4.69, 9.17) is 10.00 Å². The molecule has 1 aromatic heterocycles. The van der Waals surface area contributed by atoms with Gasteiger partial charge in [-0.2, -0.15) is 10.4 Å². The number of hydrogen-bond acceptors (Lipinski definition) is 4. The first-order chi connectivity index (χ1) is 8.72. The number of nitrogens with zero attached hydrogens (tertiary/aromatic N) is 3. The van der Waals surface area contributed by atoms with Gasteiger partial charge in [-0.3, -0.25) is 4.68 Å². The number of anilines is 1. The standard InChI is InChI=1S/C13H14N4O/c1-17-6-5-13(16-17)15-9-11-7-10(8-14)3-4-12(11)18-2/h3-7H,9H2,1-2H3,(H,15,16). The molecule has 0 saturated carbocycles. The van der Waals surface area contributed by atoms with Gasteiger partial charge in [0, 0.05) is 31.4 Å². The van der Waals surface area contributed by atoms with Crippen molar-refractivity contribution in [2.45, 2.75) is 6.54 Å². The third-order valence-electron chi connectivity index (χ3n) is 2.58. The summed E-state index contributed by atoms with van der Waals surface area (Å²) in [5.74, 6) is 1.55. The molecule has 2 rings (SSSR count). The average Bonchev–Trinajstić information content (AvgIpc) is 2.81. The van der Waals surface area contributed by atoms with Gasteiger partial charge in [-0.1, -0.05) is 0 Å². The van der Waals surface area contributed by atoms with Gasteiger partial charge in [0.25, 0.3) is 0 Å². The van der Waals surface area contributed by atoms with Crippen LogP contribution in [0.25, 0.3) is 0 Å². The Labute approximate surface area is 106 Å². The molecule has 0 radical (unpaired) electrons. The SMILES string of the molecule is COc1ccc(C#N)cc1CNc1ccn(C)n1. The smallest absolute Gasteiger partial charge is 0.148 e. The van der Waals surface area contributed by atoms with Gasteiger partial charge < -0.3 is 10.1 Å². The molecule has 5 nitrogen and oxygen atoms in total. The number of methoxy groups -OCH3 is 1. The highest BCUT2D eigenvalue weighted by Crippen LogP contribution is 2.20. The van der Waals surface area contributed by atoms with E-state index in [1.165, 1.54) is 0 Å². The fourth-order valence-corrected chi connectivity index (χ4v) is 1.68. The second-order valence-corrected chi connectivity index (χ2v) is 3.87. The summed E-state index contributed by atoms with van der Waals surface area (Å²) in [4.78, 5) is 0. The predicted octanol–water partition coefficient (Wildman–Crippen LogP) is 1.91. The number of benzene rings is 1. The molecule has 0 amide bonds. The summed E-state index contributed by atoms with van der Waals surface area (Å²) in [6.45, 7) is 0.565. The van der Waals surface area contributed by atoms with Crippen LogP contribution in [0.15, 0.2) is 30.5 Å². The van der Waals surface area contributed by atoms with Gasteiger partial charge in [0.2, 0.25) is 0 Å². The summed E-state index contributed by atoms with van der Waals surface area (Å²) in [6, 6.07) is 9.36. The number of ether oxygens (including phenoxy) is 1. The molecule has 92 valence electrons. The Balaban J connectivity index is 2.15. The van der Waals surface area contributed by atoms with Crippen molar-refractivity contribution < 1.29 is 4.74 Å². The Morgan fingerprint density at radius 3 is 2.89 bits per heavy atom. The van der Waals surface area contributed by atoms with E-state index >= 15 is 0 Å². The number of hydrogen-bond donors (Lipinski definition) is 1. The van der Waals surface area contributed by atoms with Crippen LogP contribution >= 0.6 is 0 Å². The molecule has 0 aliphatic heterocycles. The van der Waals surface area contributed by atoms with E-state index in [-0.39, 0.29) is 0 Å². The molecular weight excluding hydrogens is 228 g/mol. The van der Waals surface area contributed by atoms with E-state index in [9.17, 15) is 0 Å². The van der Waals surface area contributed by atoms with Crippen LogP contribution in [-0.2, 0) is 13.6 Å². The molecule has 0 fully saturated rings. The largest absolute Gasteiger partial charge is 0.496 e. The van der Waals surface area contributed by atoms with Crippen molar-refractivity contribution in [3.8, 4) is 11.8 Å². The first-order valence-electron chi connectivity index (χ1n) is 5.53. The van der Waals surface area contributed by atoms with Crippen molar-refractivity contribution in [3.63, 3.8) is 0 Å². The highest BCUT2D eigenvalue weighted by atomic mass is 16.5. The van der Waals surface area contributed by atoms with Gasteiger partial charge in [0.05, 0.1) is 18.7 Å². The lowest BCUT2D eigenvalue weighted by molar-refractivity contribution is 0.410. The van der Waals surface area contributed by atoms with Crippen molar-refractivity contribution in [2.24, 2.45) is 7.05 Å². The van der Waals surface area contributed by atoms with E-state index in [0.717, 1.165) is 17.1 Å². The van der Waals surface area contributed by atoms with Crippen molar-refractivity contribution in [2.75, 3.05) is 12.4 Å². The topological polar surface area (TPSA) is 62.9 Å². The van der Waals surface area contributed by atoms with Crippen LogP contribution in [-0.4, -0.2) is 16.9 Å². The molecule has 2 aromatic rings. The minimum atomic E-state index is 0.565. The monoisotopic (exact) mass is 242 g/mol. The molecule has 0 aliphatic carbocycles. The van der Waals surface area contributed by atoms with Crippen molar-refractivity contribution in [3.05, 3.63) is 41.6 Å². The lowest BCUT2D eigenvalue weighted by Crippen LogP contribution is -2.03. The predicted molar refractivity (Wildman–Crippen MR) is 68.2 cm³/mol. The third-order valence-corrected chi connectivity index (χ3v) is 2.58. The minimum Gasteiger partial charge on any atom is -0.496 e. The molecule has 0 spiro atoms. The van der Waals surface area contributed by atoms with Gasteiger partial charge in [-0.25, -0.2) is 0 Å². The lowest BCUT2D eigenvalue weighted by atomic mass is 10.1. The van der Waals surface area contributed by atoms with Crippen LogP contribution in [0, 0.1) is 11.3 Å². The highest BCUT2D eigenvalue weighted by molar-refractivity contribution is 5.44. The van der Waals surface area contributed by atoms with Crippen LogP contribution in [0.2, 0.25) is 0 Å². The number of nitrogens with one attached hydrogen (secondary N) is 1. The maximum atomic E-state index is 8.89. The van der Waals surface area contributed by atoms with Crippen LogP contribution in [0.5, 0.6) is 5.75 Å². The van der Waals surface area contributed by atoms with Crippen LogP contribution < -0.4 is 10.1 Å². The van der Waals surface area contributed by atoms with Gasteiger partial charge in [-0.05, 0) is 18.2 Å². The van der Waals surface area contributed by atoms with Crippen molar-refractivity contribution in [1.82, 2.24) is 9.78 Å².